The summed E-state index contributed by atoms with van der Waals surface area (Å²) in [5.74, 6) is 1.09. The fourth-order valence-electron chi connectivity index (χ4n) is 0.417. The van der Waals surface area contributed by atoms with Crippen LogP contribution < -0.4 is 0 Å². The number of rotatable bonds is 4. The maximum Gasteiger partial charge on any atom is 0.138 e. The molecule has 0 N–H and O–H groups in total. The fraction of sp³-hybridized carbons (Fsp3) is 0.857. The van der Waals surface area contributed by atoms with Gasteiger partial charge in [-0.15, -0.1) is 0 Å². The van der Waals surface area contributed by atoms with Crippen LogP contribution in [0.3, 0.4) is 0 Å². The maximum atomic E-state index is 10.9. The van der Waals surface area contributed by atoms with Gasteiger partial charge in [-0.05, 0) is 12.3 Å². The lowest BCUT2D eigenvalue weighted by atomic mass is 10.3. The third-order valence-electron chi connectivity index (χ3n) is 0.855. The molecule has 0 aromatic heterocycles. The monoisotopic (exact) mass is 161 g/mol. The molecule has 0 aliphatic rings. The van der Waals surface area contributed by atoms with Crippen LogP contribution in [-0.4, -0.2) is 16.2 Å². The molecule has 3 heteroatoms. The van der Waals surface area contributed by atoms with Gasteiger partial charge in [0.2, 0.25) is 0 Å². The van der Waals surface area contributed by atoms with Crippen LogP contribution in [0, 0.1) is 5.92 Å². The number of hydrogen-bond donors (Lipinski definition) is 0. The highest BCUT2D eigenvalue weighted by Crippen LogP contribution is 1.90. The summed E-state index contributed by atoms with van der Waals surface area (Å²) < 4.78 is 14.7. The van der Waals surface area contributed by atoms with Crippen molar-refractivity contribution in [3.05, 3.63) is 0 Å². The topological polar surface area (TPSA) is 29.4 Å². The first-order chi connectivity index (χ1) is 4.66. The molecule has 2 nitrogen and oxygen atoms in total. The van der Waals surface area contributed by atoms with E-state index in [1.165, 1.54) is 0 Å². The van der Waals surface area contributed by atoms with E-state index in [4.69, 9.17) is 0 Å². The largest absolute Gasteiger partial charge is 0.235 e. The Labute approximate surface area is 65.3 Å². The van der Waals surface area contributed by atoms with E-state index in [0.29, 0.717) is 11.7 Å². The lowest BCUT2D eigenvalue weighted by molar-refractivity contribution is 0.683. The summed E-state index contributed by atoms with van der Waals surface area (Å²) in [7, 11) is -0.971. The minimum Gasteiger partial charge on any atom is -0.235 e. The van der Waals surface area contributed by atoms with Crippen molar-refractivity contribution in [2.24, 2.45) is 10.3 Å². The van der Waals surface area contributed by atoms with E-state index in [2.05, 4.69) is 4.40 Å². The van der Waals surface area contributed by atoms with Gasteiger partial charge >= 0.3 is 0 Å². The predicted molar refractivity (Wildman–Crippen MR) is 46.6 cm³/mol. The normalized spacial score (nSPS) is 14.8. The van der Waals surface area contributed by atoms with Gasteiger partial charge in [0.25, 0.3) is 0 Å². The van der Waals surface area contributed by atoms with Gasteiger partial charge in [0.15, 0.2) is 0 Å². The van der Waals surface area contributed by atoms with Crippen molar-refractivity contribution in [3.63, 3.8) is 0 Å². The van der Waals surface area contributed by atoms with Crippen molar-refractivity contribution < 1.29 is 4.21 Å². The molecule has 0 saturated heterocycles. The van der Waals surface area contributed by atoms with Crippen LogP contribution >= 0.6 is 0 Å². The Morgan fingerprint density at radius 1 is 1.60 bits per heavy atom. The maximum absolute atomic E-state index is 10.9. The molecule has 0 aliphatic carbocycles. The Kier molecular flexibility index (Phi) is 5.49. The van der Waals surface area contributed by atoms with Gasteiger partial charge in [-0.2, -0.15) is 4.40 Å². The van der Waals surface area contributed by atoms with Crippen molar-refractivity contribution in [2.75, 3.05) is 5.75 Å². The lowest BCUT2D eigenvalue weighted by Gasteiger charge is -1.92. The molecule has 0 heterocycles. The Hall–Kier alpha value is -0.180. The van der Waals surface area contributed by atoms with E-state index in [1.54, 1.807) is 6.21 Å². The second kappa shape index (κ2) is 5.59. The molecular formula is C7H15NOS. The second-order valence-corrected chi connectivity index (χ2v) is 3.79. The standard InChI is InChI=1S/C7H15NOS/c1-4-5-10(9)8-6-7(2)3/h6-7H,4-5H2,1-3H3/b8-6+. The summed E-state index contributed by atoms with van der Waals surface area (Å²) in [5, 5.41) is 0. The van der Waals surface area contributed by atoms with Crippen LogP contribution in [0.25, 0.3) is 0 Å². The molecule has 0 radical (unpaired) electrons. The van der Waals surface area contributed by atoms with Gasteiger partial charge in [0, 0.05) is 12.0 Å². The molecule has 0 saturated carbocycles. The molecule has 0 aromatic carbocycles. The van der Waals surface area contributed by atoms with Crippen molar-refractivity contribution >= 4 is 17.2 Å². The van der Waals surface area contributed by atoms with Crippen LogP contribution in [0.4, 0.5) is 0 Å². The highest BCUT2D eigenvalue weighted by molar-refractivity contribution is 7.83. The zero-order valence-electron chi connectivity index (χ0n) is 6.83. The van der Waals surface area contributed by atoms with E-state index >= 15 is 0 Å². The van der Waals surface area contributed by atoms with Crippen LogP contribution in [-0.2, 0) is 11.0 Å². The predicted octanol–water partition coefficient (Wildman–Crippen LogP) is 1.79. The zero-order chi connectivity index (χ0) is 7.98. The molecule has 0 fully saturated rings. The Balaban J connectivity index is 3.56. The van der Waals surface area contributed by atoms with Crippen LogP contribution in [0.2, 0.25) is 0 Å². The summed E-state index contributed by atoms with van der Waals surface area (Å²) >= 11 is 0. The summed E-state index contributed by atoms with van der Waals surface area (Å²) in [6.07, 6.45) is 2.67. The van der Waals surface area contributed by atoms with Crippen molar-refractivity contribution in [2.45, 2.75) is 27.2 Å². The third-order valence-corrected chi connectivity index (χ3v) is 1.97. The van der Waals surface area contributed by atoms with Crippen LogP contribution in [0.1, 0.15) is 27.2 Å². The molecule has 1 atom stereocenters. The molecular weight excluding hydrogens is 146 g/mol. The van der Waals surface area contributed by atoms with Gasteiger partial charge in [-0.3, -0.25) is 0 Å². The Morgan fingerprint density at radius 3 is 2.60 bits per heavy atom. The summed E-state index contributed by atoms with van der Waals surface area (Å²) in [6.45, 7) is 6.04. The van der Waals surface area contributed by atoms with Crippen molar-refractivity contribution in [1.82, 2.24) is 0 Å². The molecule has 0 spiro atoms. The Bertz CT molecular complexity index is 132. The van der Waals surface area contributed by atoms with E-state index in [1.807, 2.05) is 20.8 Å². The van der Waals surface area contributed by atoms with E-state index < -0.39 is 11.0 Å². The van der Waals surface area contributed by atoms with Gasteiger partial charge in [0.05, 0.1) is 0 Å². The average molecular weight is 161 g/mol. The smallest absolute Gasteiger partial charge is 0.138 e. The van der Waals surface area contributed by atoms with Gasteiger partial charge in [0.1, 0.15) is 11.0 Å². The molecule has 1 unspecified atom stereocenters. The third kappa shape index (κ3) is 5.95. The fourth-order valence-corrected chi connectivity index (χ4v) is 1.25. The molecule has 0 aliphatic heterocycles. The minimum absolute atomic E-state index is 0.404. The molecule has 60 valence electrons. The number of hydrogen-bond acceptors (Lipinski definition) is 1. The van der Waals surface area contributed by atoms with Crippen LogP contribution in [0.5, 0.6) is 0 Å². The molecule has 0 bridgehead atoms. The average Bonchev–Trinajstić information content (AvgIpc) is 1.85. The van der Waals surface area contributed by atoms with E-state index in [0.717, 1.165) is 6.42 Å². The molecule has 0 aromatic rings. The first-order valence-electron chi connectivity index (χ1n) is 3.59. The Morgan fingerprint density at radius 2 is 2.20 bits per heavy atom. The first-order valence-corrected chi connectivity index (χ1v) is 4.87. The van der Waals surface area contributed by atoms with E-state index in [-0.39, 0.29) is 0 Å². The van der Waals surface area contributed by atoms with Gasteiger partial charge in [-0.25, -0.2) is 4.21 Å². The SMILES string of the molecule is CCCS(=O)/N=C/C(C)C. The highest BCUT2D eigenvalue weighted by Gasteiger charge is 1.91. The first kappa shape index (κ1) is 9.82. The van der Waals surface area contributed by atoms with Gasteiger partial charge < -0.3 is 0 Å². The lowest BCUT2D eigenvalue weighted by Crippen LogP contribution is -1.94. The number of nitrogens with zero attached hydrogens (tertiary/aromatic N) is 1. The van der Waals surface area contributed by atoms with Crippen molar-refractivity contribution in [1.29, 1.82) is 0 Å². The minimum atomic E-state index is -0.971. The molecule has 0 rings (SSSR count). The highest BCUT2D eigenvalue weighted by atomic mass is 32.2. The second-order valence-electron chi connectivity index (χ2n) is 2.52. The summed E-state index contributed by atoms with van der Waals surface area (Å²) in [6, 6.07) is 0. The van der Waals surface area contributed by atoms with E-state index in [9.17, 15) is 4.21 Å². The quantitative estimate of drug-likeness (QED) is 0.578. The molecule has 0 amide bonds. The summed E-state index contributed by atoms with van der Waals surface area (Å²) in [4.78, 5) is 0. The molecule has 10 heavy (non-hydrogen) atoms. The summed E-state index contributed by atoms with van der Waals surface area (Å²) in [5.41, 5.74) is 0. The van der Waals surface area contributed by atoms with Gasteiger partial charge in [-0.1, -0.05) is 20.8 Å². The zero-order valence-corrected chi connectivity index (χ0v) is 7.65. The van der Waals surface area contributed by atoms with Crippen molar-refractivity contribution in [3.8, 4) is 0 Å². The van der Waals surface area contributed by atoms with Crippen LogP contribution in [0.15, 0.2) is 4.40 Å².